The van der Waals surface area contributed by atoms with Gasteiger partial charge in [0.05, 0.1) is 18.2 Å². The van der Waals surface area contributed by atoms with Crippen LogP contribution in [0.15, 0.2) is 12.4 Å². The fourth-order valence-corrected chi connectivity index (χ4v) is 2.49. The van der Waals surface area contributed by atoms with Gasteiger partial charge < -0.3 is 10.1 Å². The summed E-state index contributed by atoms with van der Waals surface area (Å²) in [5.41, 5.74) is 0.352. The number of ether oxygens (including phenoxy) is 1. The predicted octanol–water partition coefficient (Wildman–Crippen LogP) is 1.08. The van der Waals surface area contributed by atoms with E-state index in [4.69, 9.17) is 10.00 Å². The van der Waals surface area contributed by atoms with Crippen LogP contribution < -0.4 is 5.32 Å². The average Bonchev–Trinajstić information content (AvgIpc) is 2.92. The van der Waals surface area contributed by atoms with E-state index in [9.17, 15) is 0 Å². The van der Waals surface area contributed by atoms with E-state index < -0.39 is 0 Å². The standard InChI is InChI=1S/C11H12N4O/c12-6-9-11(14-4-3-13-9)15-8-5-7-1-2-10(8)16-7/h3-4,7-8,10H,1-2,5H2,(H,14,15)/t7-,8+,10-/m1/s1. The summed E-state index contributed by atoms with van der Waals surface area (Å²) >= 11 is 0. The van der Waals surface area contributed by atoms with Gasteiger partial charge in [0, 0.05) is 12.4 Å². The van der Waals surface area contributed by atoms with Crippen LogP contribution in [0.3, 0.4) is 0 Å². The lowest BCUT2D eigenvalue weighted by molar-refractivity contribution is 0.102. The normalized spacial score (nSPS) is 31.3. The van der Waals surface area contributed by atoms with Crippen LogP contribution in [0.2, 0.25) is 0 Å². The molecular weight excluding hydrogens is 204 g/mol. The molecule has 3 atom stereocenters. The summed E-state index contributed by atoms with van der Waals surface area (Å²) in [7, 11) is 0. The predicted molar refractivity (Wildman–Crippen MR) is 56.7 cm³/mol. The Morgan fingerprint density at radius 1 is 1.38 bits per heavy atom. The van der Waals surface area contributed by atoms with Gasteiger partial charge in [-0.3, -0.25) is 0 Å². The van der Waals surface area contributed by atoms with Crippen molar-refractivity contribution in [2.75, 3.05) is 5.32 Å². The van der Waals surface area contributed by atoms with Crippen molar-refractivity contribution in [3.8, 4) is 6.07 Å². The first kappa shape index (κ1) is 9.55. The highest BCUT2D eigenvalue weighted by atomic mass is 16.5. The van der Waals surface area contributed by atoms with Crippen LogP contribution in [-0.4, -0.2) is 28.2 Å². The van der Waals surface area contributed by atoms with Gasteiger partial charge >= 0.3 is 0 Å². The maximum absolute atomic E-state index is 8.90. The lowest BCUT2D eigenvalue weighted by Crippen LogP contribution is -2.31. The van der Waals surface area contributed by atoms with Crippen molar-refractivity contribution in [2.45, 2.75) is 37.5 Å². The van der Waals surface area contributed by atoms with E-state index in [2.05, 4.69) is 15.3 Å². The molecular formula is C11H12N4O. The van der Waals surface area contributed by atoms with E-state index in [0.717, 1.165) is 19.3 Å². The van der Waals surface area contributed by atoms with Crippen LogP contribution in [-0.2, 0) is 4.74 Å². The molecule has 5 heteroatoms. The summed E-state index contributed by atoms with van der Waals surface area (Å²) in [6, 6.07) is 2.32. The van der Waals surface area contributed by atoms with E-state index in [1.807, 2.05) is 6.07 Å². The van der Waals surface area contributed by atoms with Gasteiger partial charge in [0.25, 0.3) is 0 Å². The lowest BCUT2D eigenvalue weighted by Gasteiger charge is -2.20. The molecule has 0 saturated carbocycles. The number of rotatable bonds is 2. The molecule has 0 aliphatic carbocycles. The molecule has 82 valence electrons. The van der Waals surface area contributed by atoms with Crippen LogP contribution in [0.1, 0.15) is 25.0 Å². The second-order valence-electron chi connectivity index (χ2n) is 4.23. The Balaban J connectivity index is 1.77. The van der Waals surface area contributed by atoms with E-state index in [0.29, 0.717) is 17.6 Å². The second kappa shape index (κ2) is 3.72. The number of hydrogen-bond donors (Lipinski definition) is 1. The number of nitriles is 1. The fraction of sp³-hybridized carbons (Fsp3) is 0.545. The zero-order chi connectivity index (χ0) is 11.0. The first-order chi connectivity index (χ1) is 7.86. The summed E-state index contributed by atoms with van der Waals surface area (Å²) in [5.74, 6) is 0.575. The van der Waals surface area contributed by atoms with Crippen molar-refractivity contribution in [3.05, 3.63) is 18.1 Å². The van der Waals surface area contributed by atoms with Gasteiger partial charge in [0.2, 0.25) is 0 Å². The van der Waals surface area contributed by atoms with E-state index in [1.54, 1.807) is 6.20 Å². The first-order valence-corrected chi connectivity index (χ1v) is 5.50. The number of fused-ring (bicyclic) bond motifs is 2. The van der Waals surface area contributed by atoms with Gasteiger partial charge in [-0.25, -0.2) is 9.97 Å². The van der Waals surface area contributed by atoms with Crippen molar-refractivity contribution < 1.29 is 4.74 Å². The van der Waals surface area contributed by atoms with Crippen molar-refractivity contribution in [3.63, 3.8) is 0 Å². The molecule has 2 aliphatic heterocycles. The molecule has 0 unspecified atom stereocenters. The van der Waals surface area contributed by atoms with Gasteiger partial charge in [0.15, 0.2) is 11.5 Å². The minimum atomic E-state index is 0.276. The molecule has 0 radical (unpaired) electrons. The van der Waals surface area contributed by atoms with Crippen molar-refractivity contribution in [1.82, 2.24) is 9.97 Å². The number of aromatic nitrogens is 2. The van der Waals surface area contributed by atoms with Crippen LogP contribution in [0.4, 0.5) is 5.82 Å². The van der Waals surface area contributed by atoms with E-state index in [-0.39, 0.29) is 12.1 Å². The minimum absolute atomic E-state index is 0.276. The van der Waals surface area contributed by atoms with Crippen LogP contribution >= 0.6 is 0 Å². The van der Waals surface area contributed by atoms with Gasteiger partial charge in [-0.2, -0.15) is 5.26 Å². The molecule has 0 amide bonds. The Labute approximate surface area is 93.5 Å². The van der Waals surface area contributed by atoms with Gasteiger partial charge in [-0.15, -0.1) is 0 Å². The molecule has 2 bridgehead atoms. The SMILES string of the molecule is N#Cc1nccnc1N[C@H]1C[C@H]2CC[C@H]1O2. The zero-order valence-corrected chi connectivity index (χ0v) is 8.76. The number of hydrogen-bond acceptors (Lipinski definition) is 5. The summed E-state index contributed by atoms with van der Waals surface area (Å²) in [6.45, 7) is 0. The highest BCUT2D eigenvalue weighted by Crippen LogP contribution is 2.35. The Bertz CT molecular complexity index is 442. The Morgan fingerprint density at radius 3 is 2.94 bits per heavy atom. The number of nitrogens with one attached hydrogen (secondary N) is 1. The summed E-state index contributed by atoms with van der Waals surface area (Å²) in [5, 5.41) is 12.2. The third-order valence-corrected chi connectivity index (χ3v) is 3.23. The summed E-state index contributed by atoms with van der Waals surface area (Å²) < 4.78 is 5.74. The Morgan fingerprint density at radius 2 is 2.25 bits per heavy atom. The molecule has 2 aliphatic rings. The Hall–Kier alpha value is -1.67. The summed E-state index contributed by atoms with van der Waals surface area (Å²) in [4.78, 5) is 8.12. The van der Waals surface area contributed by atoms with Crippen molar-refractivity contribution in [2.24, 2.45) is 0 Å². The summed E-state index contributed by atoms with van der Waals surface area (Å²) in [6.07, 6.45) is 7.06. The van der Waals surface area contributed by atoms with Crippen molar-refractivity contribution >= 4 is 5.82 Å². The van der Waals surface area contributed by atoms with Crippen LogP contribution in [0, 0.1) is 11.3 Å². The zero-order valence-electron chi connectivity index (χ0n) is 8.76. The van der Waals surface area contributed by atoms with Crippen LogP contribution in [0.25, 0.3) is 0 Å². The molecule has 0 spiro atoms. The smallest absolute Gasteiger partial charge is 0.182 e. The van der Waals surface area contributed by atoms with Gasteiger partial charge in [0.1, 0.15) is 6.07 Å². The molecule has 1 aromatic rings. The molecule has 1 N–H and O–H groups in total. The molecule has 2 saturated heterocycles. The molecule has 1 aromatic heterocycles. The third kappa shape index (κ3) is 1.51. The molecule has 0 aromatic carbocycles. The highest BCUT2D eigenvalue weighted by Gasteiger charge is 2.41. The highest BCUT2D eigenvalue weighted by molar-refractivity contribution is 5.47. The van der Waals surface area contributed by atoms with Crippen molar-refractivity contribution in [1.29, 1.82) is 5.26 Å². The lowest BCUT2D eigenvalue weighted by atomic mass is 9.95. The second-order valence-corrected chi connectivity index (χ2v) is 4.23. The molecule has 16 heavy (non-hydrogen) atoms. The average molecular weight is 216 g/mol. The van der Waals surface area contributed by atoms with E-state index in [1.165, 1.54) is 6.20 Å². The van der Waals surface area contributed by atoms with Crippen LogP contribution in [0.5, 0.6) is 0 Å². The first-order valence-electron chi connectivity index (χ1n) is 5.50. The quantitative estimate of drug-likeness (QED) is 0.801. The van der Waals surface area contributed by atoms with E-state index >= 15 is 0 Å². The molecule has 2 fully saturated rings. The monoisotopic (exact) mass is 216 g/mol. The maximum Gasteiger partial charge on any atom is 0.182 e. The molecule has 5 nitrogen and oxygen atoms in total. The maximum atomic E-state index is 8.90. The topological polar surface area (TPSA) is 70.8 Å². The number of nitrogens with zero attached hydrogens (tertiary/aromatic N) is 3. The molecule has 3 rings (SSSR count). The fourth-order valence-electron chi connectivity index (χ4n) is 2.49. The molecule has 3 heterocycles. The minimum Gasteiger partial charge on any atom is -0.373 e. The Kier molecular flexibility index (Phi) is 2.22. The number of anilines is 1. The third-order valence-electron chi connectivity index (χ3n) is 3.23. The van der Waals surface area contributed by atoms with Gasteiger partial charge in [-0.05, 0) is 19.3 Å². The van der Waals surface area contributed by atoms with Gasteiger partial charge in [-0.1, -0.05) is 0 Å². The largest absolute Gasteiger partial charge is 0.373 e.